The van der Waals surface area contributed by atoms with Gasteiger partial charge in [-0.2, -0.15) is 0 Å². The summed E-state index contributed by atoms with van der Waals surface area (Å²) >= 11 is 0. The van der Waals surface area contributed by atoms with Crippen LogP contribution in [0.2, 0.25) is 0 Å². The molecule has 0 aromatic rings. The summed E-state index contributed by atoms with van der Waals surface area (Å²) in [5.41, 5.74) is -0.274. The summed E-state index contributed by atoms with van der Waals surface area (Å²) in [6, 6.07) is 0. The van der Waals surface area contributed by atoms with E-state index in [1.807, 2.05) is 6.92 Å². The van der Waals surface area contributed by atoms with E-state index in [9.17, 15) is 14.7 Å². The minimum atomic E-state index is -0.545. The van der Waals surface area contributed by atoms with Crippen LogP contribution in [0.25, 0.3) is 0 Å². The zero-order chi connectivity index (χ0) is 12.9. The molecule has 5 heteroatoms. The van der Waals surface area contributed by atoms with Crippen molar-refractivity contribution in [3.63, 3.8) is 0 Å². The Morgan fingerprint density at radius 2 is 2.18 bits per heavy atom. The van der Waals surface area contributed by atoms with Gasteiger partial charge in [0.2, 0.25) is 5.91 Å². The third kappa shape index (κ3) is 4.00. The summed E-state index contributed by atoms with van der Waals surface area (Å²) in [6.07, 6.45) is 3.14. The number of hydrogen-bond donors (Lipinski definition) is 2. The minimum Gasteiger partial charge on any atom is -0.469 e. The molecule has 0 aliphatic heterocycles. The molecule has 0 heterocycles. The number of carbonyl (C=O) groups is 2. The topological polar surface area (TPSA) is 75.6 Å². The molecule has 2 atom stereocenters. The van der Waals surface area contributed by atoms with Gasteiger partial charge in [0.15, 0.2) is 0 Å². The fraction of sp³-hybridized carbons (Fsp3) is 0.833. The molecule has 2 N–H and O–H groups in total. The van der Waals surface area contributed by atoms with Gasteiger partial charge in [-0.1, -0.05) is 19.8 Å². The Balaban J connectivity index is 2.38. The molecule has 0 aromatic carbocycles. The molecule has 0 aromatic heterocycles. The fourth-order valence-corrected chi connectivity index (χ4v) is 2.15. The summed E-state index contributed by atoms with van der Waals surface area (Å²) in [4.78, 5) is 22.3. The van der Waals surface area contributed by atoms with Crippen LogP contribution in [0.5, 0.6) is 0 Å². The van der Waals surface area contributed by atoms with Gasteiger partial charge in [-0.05, 0) is 12.8 Å². The van der Waals surface area contributed by atoms with Crippen molar-refractivity contribution in [2.75, 3.05) is 13.7 Å². The summed E-state index contributed by atoms with van der Waals surface area (Å²) in [5, 5.41) is 12.6. The number of esters is 1. The maximum atomic E-state index is 11.4. The average molecular weight is 243 g/mol. The van der Waals surface area contributed by atoms with Crippen molar-refractivity contribution in [3.05, 3.63) is 0 Å². The third-order valence-electron chi connectivity index (χ3n) is 3.50. The molecular weight excluding hydrogens is 222 g/mol. The second kappa shape index (κ2) is 6.00. The molecule has 1 aliphatic carbocycles. The van der Waals surface area contributed by atoms with Crippen molar-refractivity contribution in [2.24, 2.45) is 5.41 Å². The van der Waals surface area contributed by atoms with Gasteiger partial charge in [-0.25, -0.2) is 0 Å². The lowest BCUT2D eigenvalue weighted by Gasteiger charge is -2.38. The monoisotopic (exact) mass is 243 g/mol. The number of aliphatic hydroxyl groups is 1. The van der Waals surface area contributed by atoms with Gasteiger partial charge < -0.3 is 15.2 Å². The van der Waals surface area contributed by atoms with E-state index in [0.717, 1.165) is 25.7 Å². The molecule has 2 unspecified atom stereocenters. The van der Waals surface area contributed by atoms with E-state index in [0.29, 0.717) is 6.54 Å². The molecule has 0 saturated heterocycles. The van der Waals surface area contributed by atoms with Gasteiger partial charge in [0, 0.05) is 12.0 Å². The molecule has 1 aliphatic rings. The molecule has 1 amide bonds. The number of carbonyl (C=O) groups excluding carboxylic acids is 2. The highest BCUT2D eigenvalue weighted by atomic mass is 16.5. The summed E-state index contributed by atoms with van der Waals surface area (Å²) in [6.45, 7) is 2.37. The van der Waals surface area contributed by atoms with E-state index in [1.54, 1.807) is 0 Å². The number of aliphatic hydroxyl groups excluding tert-OH is 1. The van der Waals surface area contributed by atoms with Crippen LogP contribution in [0.3, 0.4) is 0 Å². The average Bonchev–Trinajstić information content (AvgIpc) is 2.31. The minimum absolute atomic E-state index is 0.261. The molecule has 1 saturated carbocycles. The lowest BCUT2D eigenvalue weighted by atomic mass is 9.73. The molecule has 5 nitrogen and oxygen atoms in total. The molecule has 0 bridgehead atoms. The van der Waals surface area contributed by atoms with Crippen LogP contribution >= 0.6 is 0 Å². The van der Waals surface area contributed by atoms with E-state index in [2.05, 4.69) is 10.1 Å². The predicted molar refractivity (Wildman–Crippen MR) is 62.2 cm³/mol. The first-order valence-electron chi connectivity index (χ1n) is 5.99. The number of hydrogen-bond acceptors (Lipinski definition) is 4. The molecule has 1 fully saturated rings. The van der Waals surface area contributed by atoms with Crippen molar-refractivity contribution in [1.82, 2.24) is 5.32 Å². The van der Waals surface area contributed by atoms with Crippen LogP contribution < -0.4 is 5.32 Å². The largest absolute Gasteiger partial charge is 0.469 e. The van der Waals surface area contributed by atoms with Crippen molar-refractivity contribution in [3.8, 4) is 0 Å². The van der Waals surface area contributed by atoms with Crippen LogP contribution in [-0.4, -0.2) is 36.7 Å². The van der Waals surface area contributed by atoms with Crippen molar-refractivity contribution in [1.29, 1.82) is 0 Å². The Labute approximate surface area is 102 Å². The van der Waals surface area contributed by atoms with Crippen molar-refractivity contribution < 1.29 is 19.4 Å². The number of methoxy groups -OCH3 is 1. The van der Waals surface area contributed by atoms with Crippen LogP contribution in [0.1, 0.15) is 39.0 Å². The fourth-order valence-electron chi connectivity index (χ4n) is 2.15. The SMILES string of the molecule is COC(=O)CC(=O)NCC1(C)CCCCC1O. The Bertz CT molecular complexity index is 292. The highest BCUT2D eigenvalue weighted by Crippen LogP contribution is 2.35. The Kier molecular flexibility index (Phi) is 4.93. The zero-order valence-electron chi connectivity index (χ0n) is 10.5. The van der Waals surface area contributed by atoms with Crippen LogP contribution in [-0.2, 0) is 14.3 Å². The van der Waals surface area contributed by atoms with Crippen molar-refractivity contribution >= 4 is 11.9 Å². The molecule has 0 spiro atoms. The number of amides is 1. The Hall–Kier alpha value is -1.10. The van der Waals surface area contributed by atoms with E-state index >= 15 is 0 Å². The van der Waals surface area contributed by atoms with E-state index in [1.165, 1.54) is 7.11 Å². The maximum Gasteiger partial charge on any atom is 0.315 e. The van der Waals surface area contributed by atoms with Gasteiger partial charge in [-0.15, -0.1) is 0 Å². The van der Waals surface area contributed by atoms with Crippen LogP contribution in [0.15, 0.2) is 0 Å². The highest BCUT2D eigenvalue weighted by molar-refractivity contribution is 5.94. The summed E-state index contributed by atoms with van der Waals surface area (Å²) in [7, 11) is 1.25. The first-order chi connectivity index (χ1) is 7.98. The van der Waals surface area contributed by atoms with Gasteiger partial charge >= 0.3 is 5.97 Å². The summed E-state index contributed by atoms with van der Waals surface area (Å²) in [5.74, 6) is -0.896. The maximum absolute atomic E-state index is 11.4. The zero-order valence-corrected chi connectivity index (χ0v) is 10.5. The molecule has 1 rings (SSSR count). The molecule has 98 valence electrons. The van der Waals surface area contributed by atoms with E-state index in [4.69, 9.17) is 0 Å². The van der Waals surface area contributed by atoms with E-state index in [-0.39, 0.29) is 23.8 Å². The third-order valence-corrected chi connectivity index (χ3v) is 3.50. The molecule has 0 radical (unpaired) electrons. The summed E-state index contributed by atoms with van der Waals surface area (Å²) < 4.78 is 4.41. The van der Waals surface area contributed by atoms with E-state index < -0.39 is 5.97 Å². The first-order valence-corrected chi connectivity index (χ1v) is 5.99. The number of ether oxygens (including phenoxy) is 1. The predicted octanol–water partition coefficient (Wildman–Crippen LogP) is 0.607. The first kappa shape index (κ1) is 14.0. The second-order valence-corrected chi connectivity index (χ2v) is 4.95. The number of rotatable bonds is 4. The molecule has 17 heavy (non-hydrogen) atoms. The normalized spacial score (nSPS) is 28.5. The van der Waals surface area contributed by atoms with Gasteiger partial charge in [0.05, 0.1) is 13.2 Å². The molecular formula is C12H21NO4. The Morgan fingerprint density at radius 1 is 1.47 bits per heavy atom. The van der Waals surface area contributed by atoms with Gasteiger partial charge in [-0.3, -0.25) is 9.59 Å². The van der Waals surface area contributed by atoms with Crippen LogP contribution in [0, 0.1) is 5.41 Å². The smallest absolute Gasteiger partial charge is 0.315 e. The van der Waals surface area contributed by atoms with Crippen LogP contribution in [0.4, 0.5) is 0 Å². The standard InChI is InChI=1S/C12H21NO4/c1-12(6-4-3-5-9(12)14)8-13-10(15)7-11(16)17-2/h9,14H,3-8H2,1-2H3,(H,13,15). The van der Waals surface area contributed by atoms with Gasteiger partial charge in [0.1, 0.15) is 6.42 Å². The lowest BCUT2D eigenvalue weighted by molar-refractivity contribution is -0.144. The van der Waals surface area contributed by atoms with Crippen molar-refractivity contribution in [2.45, 2.75) is 45.1 Å². The number of nitrogens with one attached hydrogen (secondary N) is 1. The quantitative estimate of drug-likeness (QED) is 0.560. The Morgan fingerprint density at radius 3 is 2.76 bits per heavy atom. The van der Waals surface area contributed by atoms with Gasteiger partial charge in [0.25, 0.3) is 0 Å². The second-order valence-electron chi connectivity index (χ2n) is 4.95. The lowest BCUT2D eigenvalue weighted by Crippen LogP contribution is -2.45. The highest BCUT2D eigenvalue weighted by Gasteiger charge is 2.35.